The largest absolute Gasteiger partial charge is 0.483 e. The fourth-order valence-corrected chi connectivity index (χ4v) is 2.22. The van der Waals surface area contributed by atoms with Gasteiger partial charge >= 0.3 is 0 Å². The van der Waals surface area contributed by atoms with E-state index in [1.807, 2.05) is 24.3 Å². The molecule has 0 atom stereocenters. The number of fused-ring (bicyclic) bond motifs is 1. The van der Waals surface area contributed by atoms with Gasteiger partial charge in [0.05, 0.1) is 16.6 Å². The van der Waals surface area contributed by atoms with Crippen LogP contribution in [0.3, 0.4) is 0 Å². The second-order valence-electron chi connectivity index (χ2n) is 4.50. The van der Waals surface area contributed by atoms with E-state index in [1.165, 1.54) is 0 Å². The Morgan fingerprint density at radius 2 is 2.10 bits per heavy atom. The molecule has 21 heavy (non-hydrogen) atoms. The second-order valence-corrected chi connectivity index (χ2v) is 4.93. The number of primary amides is 1. The first-order valence-corrected chi connectivity index (χ1v) is 6.67. The van der Waals surface area contributed by atoms with Gasteiger partial charge in [0.25, 0.3) is 5.91 Å². The van der Waals surface area contributed by atoms with Crippen LogP contribution in [-0.2, 0) is 4.79 Å². The maximum absolute atomic E-state index is 10.9. The normalized spacial score (nSPS) is 10.7. The molecule has 3 N–H and O–H groups in total. The number of carbonyl (C=O) groups excluding carboxylic acids is 1. The highest BCUT2D eigenvalue weighted by atomic mass is 35.5. The Kier molecular flexibility index (Phi) is 3.50. The number of halogens is 1. The maximum Gasteiger partial charge on any atom is 0.255 e. The molecule has 0 radical (unpaired) electrons. The molecule has 0 aliphatic carbocycles. The highest BCUT2D eigenvalue weighted by molar-refractivity contribution is 6.31. The first-order chi connectivity index (χ1) is 10.1. The van der Waals surface area contributed by atoms with Crippen LogP contribution >= 0.6 is 11.6 Å². The molecule has 1 heterocycles. The lowest BCUT2D eigenvalue weighted by Crippen LogP contribution is -2.20. The van der Waals surface area contributed by atoms with Crippen LogP contribution in [0.1, 0.15) is 0 Å². The summed E-state index contributed by atoms with van der Waals surface area (Å²) in [5.74, 6) is 0.662. The van der Waals surface area contributed by atoms with Crippen molar-refractivity contribution in [3.8, 4) is 17.1 Å². The number of aromatic nitrogens is 2. The number of carbonyl (C=O) groups is 1. The minimum absolute atomic E-state index is 0.178. The molecule has 5 nitrogen and oxygen atoms in total. The van der Waals surface area contributed by atoms with E-state index in [-0.39, 0.29) is 6.61 Å². The van der Waals surface area contributed by atoms with Crippen molar-refractivity contribution in [2.24, 2.45) is 5.73 Å². The fraction of sp³-hybridized carbons (Fsp3) is 0.0667. The number of benzene rings is 2. The van der Waals surface area contributed by atoms with Gasteiger partial charge in [-0.1, -0.05) is 23.7 Å². The zero-order valence-electron chi connectivity index (χ0n) is 11.0. The van der Waals surface area contributed by atoms with E-state index in [9.17, 15) is 4.79 Å². The van der Waals surface area contributed by atoms with Gasteiger partial charge in [-0.15, -0.1) is 0 Å². The topological polar surface area (TPSA) is 81.0 Å². The summed E-state index contributed by atoms with van der Waals surface area (Å²) in [7, 11) is 0. The number of imidazole rings is 1. The first-order valence-electron chi connectivity index (χ1n) is 6.29. The van der Waals surface area contributed by atoms with Crippen LogP contribution in [0.25, 0.3) is 22.4 Å². The van der Waals surface area contributed by atoms with Crippen LogP contribution in [-0.4, -0.2) is 22.5 Å². The van der Waals surface area contributed by atoms with Crippen LogP contribution in [0, 0.1) is 0 Å². The zero-order valence-corrected chi connectivity index (χ0v) is 11.7. The Labute approximate surface area is 125 Å². The average molecular weight is 302 g/mol. The minimum Gasteiger partial charge on any atom is -0.483 e. The summed E-state index contributed by atoms with van der Waals surface area (Å²) in [6.07, 6.45) is 0. The van der Waals surface area contributed by atoms with Gasteiger partial charge in [0.15, 0.2) is 6.61 Å². The minimum atomic E-state index is -0.527. The average Bonchev–Trinajstić information content (AvgIpc) is 2.88. The number of hydrogen-bond donors (Lipinski definition) is 2. The van der Waals surface area contributed by atoms with Crippen molar-refractivity contribution in [2.75, 3.05) is 6.61 Å². The summed E-state index contributed by atoms with van der Waals surface area (Å²) >= 11 is 5.97. The molecule has 0 spiro atoms. The van der Waals surface area contributed by atoms with Crippen molar-refractivity contribution in [1.29, 1.82) is 0 Å². The number of rotatable bonds is 4. The van der Waals surface area contributed by atoms with Gasteiger partial charge in [-0.2, -0.15) is 0 Å². The van der Waals surface area contributed by atoms with E-state index >= 15 is 0 Å². The van der Waals surface area contributed by atoms with Crippen molar-refractivity contribution in [3.05, 3.63) is 47.5 Å². The molecule has 0 saturated carbocycles. The molecule has 1 aromatic heterocycles. The van der Waals surface area contributed by atoms with Crippen LogP contribution in [0.15, 0.2) is 42.5 Å². The number of ether oxygens (including phenoxy) is 1. The summed E-state index contributed by atoms with van der Waals surface area (Å²) in [6, 6.07) is 12.7. The van der Waals surface area contributed by atoms with Crippen LogP contribution in [0.4, 0.5) is 0 Å². The van der Waals surface area contributed by atoms with Gasteiger partial charge in [0.2, 0.25) is 0 Å². The molecule has 0 aliphatic heterocycles. The van der Waals surface area contributed by atoms with Gasteiger partial charge in [-0.3, -0.25) is 4.79 Å². The molecular weight excluding hydrogens is 290 g/mol. The predicted octanol–water partition coefficient (Wildman–Crippen LogP) is 2.75. The van der Waals surface area contributed by atoms with Crippen LogP contribution < -0.4 is 10.5 Å². The van der Waals surface area contributed by atoms with Crippen molar-refractivity contribution < 1.29 is 9.53 Å². The summed E-state index contributed by atoms with van der Waals surface area (Å²) < 4.78 is 5.41. The molecule has 6 heteroatoms. The van der Waals surface area contributed by atoms with Gasteiger partial charge in [0.1, 0.15) is 11.6 Å². The Balaban J connectivity index is 2.03. The highest BCUT2D eigenvalue weighted by Crippen LogP contribution is 2.29. The van der Waals surface area contributed by atoms with Crippen LogP contribution in [0.5, 0.6) is 5.75 Å². The SMILES string of the molecule is NC(=O)COc1ccccc1-c1nc2ccc(Cl)cc2[nH]1. The van der Waals surface area contributed by atoms with Crippen molar-refractivity contribution in [1.82, 2.24) is 9.97 Å². The Morgan fingerprint density at radius 1 is 1.29 bits per heavy atom. The number of amides is 1. The summed E-state index contributed by atoms with van der Waals surface area (Å²) in [4.78, 5) is 18.5. The lowest BCUT2D eigenvalue weighted by Gasteiger charge is -2.07. The number of aromatic amines is 1. The molecule has 0 saturated heterocycles. The number of hydrogen-bond acceptors (Lipinski definition) is 3. The first kappa shape index (κ1) is 13.5. The maximum atomic E-state index is 10.9. The van der Waals surface area contributed by atoms with E-state index in [4.69, 9.17) is 22.1 Å². The van der Waals surface area contributed by atoms with Gasteiger partial charge in [-0.25, -0.2) is 4.98 Å². The smallest absolute Gasteiger partial charge is 0.255 e. The molecule has 3 aromatic rings. The third-order valence-electron chi connectivity index (χ3n) is 2.96. The fourth-order valence-electron chi connectivity index (χ4n) is 2.05. The standard InChI is InChI=1S/C15H12ClN3O2/c16-9-5-6-11-12(7-9)19-15(18-11)10-3-1-2-4-13(10)21-8-14(17)20/h1-7H,8H2,(H2,17,20)(H,18,19). The third-order valence-corrected chi connectivity index (χ3v) is 3.19. The van der Waals surface area contributed by atoms with Gasteiger partial charge in [0, 0.05) is 5.02 Å². The molecule has 1 amide bonds. The van der Waals surface area contributed by atoms with Crippen molar-refractivity contribution >= 4 is 28.5 Å². The quantitative estimate of drug-likeness (QED) is 0.777. The van der Waals surface area contributed by atoms with Crippen LogP contribution in [0.2, 0.25) is 5.02 Å². The monoisotopic (exact) mass is 301 g/mol. The number of para-hydroxylation sites is 1. The number of nitrogens with zero attached hydrogens (tertiary/aromatic N) is 1. The molecule has 0 fully saturated rings. The van der Waals surface area contributed by atoms with E-state index in [0.29, 0.717) is 16.6 Å². The molecule has 3 rings (SSSR count). The predicted molar refractivity (Wildman–Crippen MR) is 81.2 cm³/mol. The second kappa shape index (κ2) is 5.46. The third kappa shape index (κ3) is 2.83. The molecule has 0 aliphatic rings. The van der Waals surface area contributed by atoms with Gasteiger partial charge < -0.3 is 15.5 Å². The molecular formula is C15H12ClN3O2. The summed E-state index contributed by atoms with van der Waals surface area (Å²) in [5, 5.41) is 0.635. The van der Waals surface area contributed by atoms with E-state index in [2.05, 4.69) is 9.97 Å². The Morgan fingerprint density at radius 3 is 2.90 bits per heavy atom. The van der Waals surface area contributed by atoms with Gasteiger partial charge in [-0.05, 0) is 30.3 Å². The molecule has 106 valence electrons. The molecule has 0 unspecified atom stereocenters. The summed E-state index contributed by atoms with van der Waals surface area (Å²) in [6.45, 7) is -0.178. The number of H-pyrrole nitrogens is 1. The lowest BCUT2D eigenvalue weighted by atomic mass is 10.2. The van der Waals surface area contributed by atoms with E-state index < -0.39 is 5.91 Å². The Bertz CT molecular complexity index is 814. The molecule has 2 aromatic carbocycles. The highest BCUT2D eigenvalue weighted by Gasteiger charge is 2.11. The molecule has 0 bridgehead atoms. The zero-order chi connectivity index (χ0) is 14.8. The summed E-state index contributed by atoms with van der Waals surface area (Å²) in [5.41, 5.74) is 7.50. The lowest BCUT2D eigenvalue weighted by molar-refractivity contribution is -0.119. The van der Waals surface area contributed by atoms with E-state index in [1.54, 1.807) is 18.2 Å². The van der Waals surface area contributed by atoms with Crippen molar-refractivity contribution in [2.45, 2.75) is 0 Å². The van der Waals surface area contributed by atoms with E-state index in [0.717, 1.165) is 16.6 Å². The Hall–Kier alpha value is -2.53. The van der Waals surface area contributed by atoms with Crippen molar-refractivity contribution in [3.63, 3.8) is 0 Å². The number of nitrogens with one attached hydrogen (secondary N) is 1. The number of nitrogens with two attached hydrogens (primary N) is 1.